The summed E-state index contributed by atoms with van der Waals surface area (Å²) in [5.74, 6) is -0.585. The van der Waals surface area contributed by atoms with Crippen molar-refractivity contribution in [2.24, 2.45) is 5.92 Å². The zero-order valence-electron chi connectivity index (χ0n) is 13.3. The minimum absolute atomic E-state index is 0.0628. The van der Waals surface area contributed by atoms with Crippen LogP contribution in [0, 0.1) is 5.92 Å². The summed E-state index contributed by atoms with van der Waals surface area (Å²) >= 11 is 11.8. The molecule has 2 fully saturated rings. The maximum absolute atomic E-state index is 12.8. The number of hydrogen-bond acceptors (Lipinski definition) is 3. The number of nitrogens with zero attached hydrogens (tertiary/aromatic N) is 1. The highest BCUT2D eigenvalue weighted by Crippen LogP contribution is 2.38. The lowest BCUT2D eigenvalue weighted by atomic mass is 9.73. The summed E-state index contributed by atoms with van der Waals surface area (Å²) in [6.07, 6.45) is 3.45. The molecule has 128 valence electrons. The fourth-order valence-corrected chi connectivity index (χ4v) is 3.84. The van der Waals surface area contributed by atoms with Crippen LogP contribution in [0.1, 0.15) is 43.0 Å². The molecule has 2 atom stereocenters. The second-order valence-corrected chi connectivity index (χ2v) is 7.31. The summed E-state index contributed by atoms with van der Waals surface area (Å²) in [6.45, 7) is 1.68. The van der Waals surface area contributed by atoms with Crippen molar-refractivity contribution in [2.45, 2.75) is 38.1 Å². The Morgan fingerprint density at radius 2 is 2.04 bits per heavy atom. The van der Waals surface area contributed by atoms with Crippen molar-refractivity contribution in [3.8, 4) is 0 Å². The van der Waals surface area contributed by atoms with E-state index in [1.165, 1.54) is 18.2 Å². The minimum atomic E-state index is -0.854. The van der Waals surface area contributed by atoms with Gasteiger partial charge in [-0.1, -0.05) is 43.0 Å². The predicted octanol–water partition coefficient (Wildman–Crippen LogP) is 3.68. The van der Waals surface area contributed by atoms with Crippen LogP contribution in [0.4, 0.5) is 4.79 Å². The van der Waals surface area contributed by atoms with E-state index in [-0.39, 0.29) is 29.2 Å². The van der Waals surface area contributed by atoms with Gasteiger partial charge < -0.3 is 5.32 Å². The van der Waals surface area contributed by atoms with E-state index in [9.17, 15) is 14.4 Å². The Morgan fingerprint density at radius 1 is 1.29 bits per heavy atom. The van der Waals surface area contributed by atoms with Crippen molar-refractivity contribution in [1.82, 2.24) is 10.2 Å². The number of amides is 3. The van der Waals surface area contributed by atoms with Gasteiger partial charge in [0.15, 0.2) is 5.78 Å². The molecule has 0 radical (unpaired) electrons. The van der Waals surface area contributed by atoms with Gasteiger partial charge in [0.05, 0.1) is 16.6 Å². The zero-order valence-corrected chi connectivity index (χ0v) is 14.8. The fourth-order valence-electron chi connectivity index (χ4n) is 3.54. The van der Waals surface area contributed by atoms with Gasteiger partial charge in [-0.05, 0) is 37.0 Å². The van der Waals surface area contributed by atoms with Crippen LogP contribution in [-0.2, 0) is 4.79 Å². The van der Waals surface area contributed by atoms with Crippen molar-refractivity contribution >= 4 is 40.9 Å². The number of rotatable bonds is 3. The SMILES string of the molecule is C[C@H]1CCCC[C@@]12NC(=O)N(CC(=O)c1ccc(Cl)c(Cl)c1)C2=O. The lowest BCUT2D eigenvalue weighted by Crippen LogP contribution is -2.54. The van der Waals surface area contributed by atoms with E-state index >= 15 is 0 Å². The van der Waals surface area contributed by atoms with Crippen molar-refractivity contribution in [1.29, 1.82) is 0 Å². The third kappa shape index (κ3) is 2.80. The fraction of sp³-hybridized carbons (Fsp3) is 0.471. The molecule has 3 amide bonds. The van der Waals surface area contributed by atoms with Crippen molar-refractivity contribution in [3.05, 3.63) is 33.8 Å². The van der Waals surface area contributed by atoms with Crippen LogP contribution >= 0.6 is 23.2 Å². The lowest BCUT2D eigenvalue weighted by molar-refractivity contribution is -0.133. The number of Topliss-reactive ketones (excluding diaryl/α,β-unsaturated/α-hetero) is 1. The lowest BCUT2D eigenvalue weighted by Gasteiger charge is -2.36. The highest BCUT2D eigenvalue weighted by atomic mass is 35.5. The van der Waals surface area contributed by atoms with Crippen LogP contribution < -0.4 is 5.32 Å². The summed E-state index contributed by atoms with van der Waals surface area (Å²) in [4.78, 5) is 38.6. The largest absolute Gasteiger partial charge is 0.325 e. The molecule has 5 nitrogen and oxygen atoms in total. The molecule has 1 aromatic carbocycles. The van der Waals surface area contributed by atoms with Crippen LogP contribution in [-0.4, -0.2) is 34.7 Å². The summed E-state index contributed by atoms with van der Waals surface area (Å²) in [5.41, 5.74) is -0.532. The van der Waals surface area contributed by atoms with Gasteiger partial charge in [-0.15, -0.1) is 0 Å². The summed E-state index contributed by atoms with van der Waals surface area (Å²) in [5, 5.41) is 3.44. The second kappa shape index (κ2) is 6.37. The Bertz CT molecular complexity index is 722. The van der Waals surface area contributed by atoms with Gasteiger partial charge in [0.1, 0.15) is 5.54 Å². The first kappa shape index (κ1) is 17.2. The van der Waals surface area contributed by atoms with Crippen molar-refractivity contribution in [3.63, 3.8) is 0 Å². The van der Waals surface area contributed by atoms with Gasteiger partial charge in [-0.25, -0.2) is 4.79 Å². The number of carbonyl (C=O) groups excluding carboxylic acids is 3. The van der Waals surface area contributed by atoms with E-state index in [0.717, 1.165) is 24.2 Å². The molecule has 1 N–H and O–H groups in total. The number of benzene rings is 1. The predicted molar refractivity (Wildman–Crippen MR) is 91.4 cm³/mol. The molecule has 3 rings (SSSR count). The van der Waals surface area contributed by atoms with Gasteiger partial charge in [0, 0.05) is 5.56 Å². The minimum Gasteiger partial charge on any atom is -0.323 e. The first-order valence-corrected chi connectivity index (χ1v) is 8.73. The average molecular weight is 369 g/mol. The van der Waals surface area contributed by atoms with Gasteiger partial charge in [0.25, 0.3) is 5.91 Å². The van der Waals surface area contributed by atoms with E-state index in [1.54, 1.807) is 0 Å². The van der Waals surface area contributed by atoms with Crippen LogP contribution in [0.15, 0.2) is 18.2 Å². The monoisotopic (exact) mass is 368 g/mol. The van der Waals surface area contributed by atoms with Gasteiger partial charge in [-0.2, -0.15) is 0 Å². The Kier molecular flexibility index (Phi) is 4.58. The molecule has 24 heavy (non-hydrogen) atoms. The molecule has 7 heteroatoms. The molecule has 1 aliphatic heterocycles. The van der Waals surface area contributed by atoms with E-state index in [2.05, 4.69) is 5.32 Å². The molecule has 0 bridgehead atoms. The maximum Gasteiger partial charge on any atom is 0.325 e. The summed E-state index contributed by atoms with van der Waals surface area (Å²) in [6, 6.07) is 4.01. The molecule has 1 saturated carbocycles. The Labute approximate surface area is 150 Å². The van der Waals surface area contributed by atoms with Crippen molar-refractivity contribution < 1.29 is 14.4 Å². The van der Waals surface area contributed by atoms with Gasteiger partial charge in [-0.3, -0.25) is 14.5 Å². The molecule has 0 unspecified atom stereocenters. The molecule has 1 spiro atoms. The van der Waals surface area contributed by atoms with E-state index in [1.807, 2.05) is 6.92 Å². The standard InChI is InChI=1S/C17H18Cl2N2O3/c1-10-4-2-3-7-17(10)15(23)21(16(24)20-17)9-14(22)11-5-6-12(18)13(19)8-11/h5-6,8,10H,2-4,7,9H2,1H3,(H,20,24)/t10-,17+/m0/s1. The molecule has 1 heterocycles. The first-order valence-electron chi connectivity index (χ1n) is 7.97. The maximum atomic E-state index is 12.8. The highest BCUT2D eigenvalue weighted by Gasteiger charge is 2.55. The third-order valence-electron chi connectivity index (χ3n) is 5.04. The Morgan fingerprint density at radius 3 is 2.71 bits per heavy atom. The molecule has 1 saturated heterocycles. The average Bonchev–Trinajstić information content (AvgIpc) is 2.78. The number of urea groups is 1. The third-order valence-corrected chi connectivity index (χ3v) is 5.78. The summed E-state index contributed by atoms with van der Waals surface area (Å²) < 4.78 is 0. The molecule has 0 aromatic heterocycles. The van der Waals surface area contributed by atoms with E-state index in [4.69, 9.17) is 23.2 Å². The molecular formula is C17H18Cl2N2O3. The van der Waals surface area contributed by atoms with E-state index in [0.29, 0.717) is 17.0 Å². The quantitative estimate of drug-likeness (QED) is 0.653. The molecule has 1 aliphatic carbocycles. The Balaban J connectivity index is 1.80. The normalized spacial score (nSPS) is 26.8. The number of imide groups is 1. The second-order valence-electron chi connectivity index (χ2n) is 6.49. The number of halogens is 2. The van der Waals surface area contributed by atoms with Crippen LogP contribution in [0.2, 0.25) is 10.0 Å². The molecule has 1 aromatic rings. The summed E-state index contributed by atoms with van der Waals surface area (Å²) in [7, 11) is 0. The topological polar surface area (TPSA) is 66.5 Å². The van der Waals surface area contributed by atoms with Gasteiger partial charge in [0.2, 0.25) is 0 Å². The zero-order chi connectivity index (χ0) is 17.5. The van der Waals surface area contributed by atoms with Crippen LogP contribution in [0.5, 0.6) is 0 Å². The van der Waals surface area contributed by atoms with Crippen LogP contribution in [0.3, 0.4) is 0 Å². The Hall–Kier alpha value is -1.59. The van der Waals surface area contributed by atoms with Crippen LogP contribution in [0.25, 0.3) is 0 Å². The molecule has 2 aliphatic rings. The number of hydrogen-bond donors (Lipinski definition) is 1. The van der Waals surface area contributed by atoms with Crippen molar-refractivity contribution in [2.75, 3.05) is 6.54 Å². The van der Waals surface area contributed by atoms with Gasteiger partial charge >= 0.3 is 6.03 Å². The highest BCUT2D eigenvalue weighted by molar-refractivity contribution is 6.42. The number of carbonyl (C=O) groups is 3. The van der Waals surface area contributed by atoms with E-state index < -0.39 is 11.6 Å². The number of ketones is 1. The first-order chi connectivity index (χ1) is 11.3. The number of nitrogens with one attached hydrogen (secondary N) is 1. The smallest absolute Gasteiger partial charge is 0.323 e. The molecular weight excluding hydrogens is 351 g/mol.